The molecule has 5 nitrogen and oxygen atoms in total. The number of nitrogens with zero attached hydrogens (tertiary/aromatic N) is 2. The summed E-state index contributed by atoms with van der Waals surface area (Å²) in [6, 6.07) is 4.38. The molecule has 0 radical (unpaired) electrons. The van der Waals surface area contributed by atoms with Crippen molar-refractivity contribution in [3.05, 3.63) is 35.4 Å². The number of fused-ring (bicyclic) bond motifs is 1. The van der Waals surface area contributed by atoms with Crippen molar-refractivity contribution in [3.63, 3.8) is 0 Å². The molecule has 11 heteroatoms. The Hall–Kier alpha value is -1.59. The van der Waals surface area contributed by atoms with E-state index in [-0.39, 0.29) is 23.9 Å². The highest BCUT2D eigenvalue weighted by atomic mass is 32.2. The molecule has 4 atom stereocenters. The van der Waals surface area contributed by atoms with E-state index in [2.05, 4.69) is 24.6 Å². The van der Waals surface area contributed by atoms with E-state index in [1.54, 1.807) is 20.8 Å². The molecule has 1 unspecified atom stereocenters. The highest BCUT2D eigenvalue weighted by Crippen LogP contribution is 2.63. The third-order valence-electron chi connectivity index (χ3n) is 6.16. The second-order valence-corrected chi connectivity index (χ2v) is 18.3. The lowest BCUT2D eigenvalue weighted by atomic mass is 9.65. The van der Waals surface area contributed by atoms with E-state index in [0.29, 0.717) is 18.4 Å². The minimum absolute atomic E-state index is 0.195. The fraction of sp³-hybridized carbons (Fsp3) is 0.667. The maximum absolute atomic E-state index is 16.0. The first-order valence-electron chi connectivity index (χ1n) is 11.6. The molecule has 1 heterocycles. The summed E-state index contributed by atoms with van der Waals surface area (Å²) in [6.07, 6.45) is -2.91. The quantitative estimate of drug-likeness (QED) is 0.173. The normalized spacial score (nSPS) is 28.6. The average Bonchev–Trinajstić information content (AvgIpc) is 2.70. The van der Waals surface area contributed by atoms with Crippen molar-refractivity contribution in [2.24, 2.45) is 10.9 Å². The zero-order valence-electron chi connectivity index (χ0n) is 21.3. The van der Waals surface area contributed by atoms with Crippen molar-refractivity contribution < 1.29 is 31.8 Å². The Balaban J connectivity index is 2.03. The number of hydrogen-bond donors (Lipinski definition) is 0. The second-order valence-electron chi connectivity index (χ2n) is 11.5. The Bertz CT molecular complexity index is 1000. The van der Waals surface area contributed by atoms with E-state index in [0.717, 1.165) is 17.0 Å². The van der Waals surface area contributed by atoms with Crippen LogP contribution >= 0.6 is 11.8 Å². The third-order valence-corrected chi connectivity index (χ3v) is 9.21. The van der Waals surface area contributed by atoms with Crippen LogP contribution in [0, 0.1) is 17.6 Å². The van der Waals surface area contributed by atoms with Crippen molar-refractivity contribution in [2.75, 3.05) is 13.3 Å². The number of thioether (sulfide) groups is 1. The van der Waals surface area contributed by atoms with Gasteiger partial charge in [-0.15, -0.1) is 0 Å². The molecule has 1 amide bonds. The van der Waals surface area contributed by atoms with Gasteiger partial charge in [-0.2, -0.15) is 0 Å². The average molecular weight is 535 g/mol. The Morgan fingerprint density at radius 2 is 1.94 bits per heavy atom. The van der Waals surface area contributed by atoms with Crippen LogP contribution in [-0.4, -0.2) is 54.3 Å². The number of carbonyl (C=O) groups excluding carboxylic acids is 1. The van der Waals surface area contributed by atoms with E-state index >= 15 is 4.39 Å². The van der Waals surface area contributed by atoms with Crippen molar-refractivity contribution in [3.8, 4) is 0 Å². The highest BCUT2D eigenvalue weighted by Gasteiger charge is 2.68. The molecule has 35 heavy (non-hydrogen) atoms. The maximum Gasteiger partial charge on any atom is 0.418 e. The van der Waals surface area contributed by atoms with Gasteiger partial charge in [0.15, 0.2) is 21.8 Å². The van der Waals surface area contributed by atoms with E-state index in [1.165, 1.54) is 19.1 Å². The van der Waals surface area contributed by atoms with Gasteiger partial charge in [-0.1, -0.05) is 31.8 Å². The number of amidine groups is 1. The molecule has 3 rings (SSSR count). The predicted octanol–water partition coefficient (Wildman–Crippen LogP) is 6.86. The van der Waals surface area contributed by atoms with Crippen LogP contribution in [0.1, 0.15) is 39.7 Å². The highest BCUT2D eigenvalue weighted by molar-refractivity contribution is 8.15. The monoisotopic (exact) mass is 534 g/mol. The van der Waals surface area contributed by atoms with Crippen LogP contribution in [0.3, 0.4) is 0 Å². The van der Waals surface area contributed by atoms with Gasteiger partial charge in [0.2, 0.25) is 0 Å². The van der Waals surface area contributed by atoms with Crippen LogP contribution in [0.25, 0.3) is 0 Å². The van der Waals surface area contributed by atoms with Gasteiger partial charge in [-0.3, -0.25) is 4.99 Å². The number of amides is 1. The van der Waals surface area contributed by atoms with E-state index in [9.17, 15) is 18.0 Å². The smallest absolute Gasteiger partial charge is 0.418 e. The minimum atomic E-state index is -2.47. The summed E-state index contributed by atoms with van der Waals surface area (Å²) < 4.78 is 70.8. The van der Waals surface area contributed by atoms with Gasteiger partial charge in [-0.25, -0.2) is 27.3 Å². The summed E-state index contributed by atoms with van der Waals surface area (Å²) in [6.45, 7) is 13.0. The number of halogens is 4. The molecule has 196 valence electrons. The third kappa shape index (κ3) is 5.88. The van der Waals surface area contributed by atoms with Gasteiger partial charge >= 0.3 is 6.09 Å². The van der Waals surface area contributed by atoms with E-state index < -0.39 is 54.0 Å². The molecule has 1 aliphatic heterocycles. The molecule has 1 aromatic rings. The first-order valence-corrected chi connectivity index (χ1v) is 16.1. The first-order chi connectivity index (χ1) is 16.0. The lowest BCUT2D eigenvalue weighted by Gasteiger charge is -2.55. The number of rotatable bonds is 6. The number of alkyl halides is 2. The summed E-state index contributed by atoms with van der Waals surface area (Å²) in [5.41, 5.74) is -2.72. The van der Waals surface area contributed by atoms with Gasteiger partial charge in [0, 0.05) is 26.2 Å². The fourth-order valence-corrected chi connectivity index (χ4v) is 6.27. The summed E-state index contributed by atoms with van der Waals surface area (Å²) in [7, 11) is -1.43. The minimum Gasteiger partial charge on any atom is -0.443 e. The van der Waals surface area contributed by atoms with Gasteiger partial charge in [0.1, 0.15) is 18.5 Å². The zero-order chi connectivity index (χ0) is 26.4. The SMILES string of the molecule is CC(C)(C)OC(=O)N(COCC[Si](C)(C)C)C1=N[C@](C)(c2cccc(F)c2F)[C@@H]2C[C@H](F)C2(F)S1. The van der Waals surface area contributed by atoms with Crippen molar-refractivity contribution in [1.82, 2.24) is 4.90 Å². The largest absolute Gasteiger partial charge is 0.443 e. The predicted molar refractivity (Wildman–Crippen MR) is 133 cm³/mol. The summed E-state index contributed by atoms with van der Waals surface area (Å²) >= 11 is 0.471. The van der Waals surface area contributed by atoms with Crippen LogP contribution < -0.4 is 0 Å². The topological polar surface area (TPSA) is 51.1 Å². The van der Waals surface area contributed by atoms with Crippen LogP contribution in [-0.2, 0) is 15.0 Å². The molecule has 0 aromatic heterocycles. The molecule has 0 N–H and O–H groups in total. The van der Waals surface area contributed by atoms with Crippen molar-refractivity contribution in [2.45, 2.75) is 82.1 Å². The Kier molecular flexibility index (Phi) is 7.76. The lowest BCUT2D eigenvalue weighted by Crippen LogP contribution is -2.63. The number of hydrogen-bond acceptors (Lipinski definition) is 5. The Morgan fingerprint density at radius 3 is 2.51 bits per heavy atom. The van der Waals surface area contributed by atoms with Crippen molar-refractivity contribution in [1.29, 1.82) is 0 Å². The molecule has 0 spiro atoms. The van der Waals surface area contributed by atoms with Crippen LogP contribution in [0.4, 0.5) is 22.4 Å². The second kappa shape index (κ2) is 9.70. The first kappa shape index (κ1) is 28.0. The standard InChI is InChI=1S/C24H34F4N2O3SSi/c1-22(2,3)33-21(31)30(14-32-11-12-35(5,6)7)20-29-23(4,15-9-8-10-16(25)19(15)27)17-13-18(26)24(17,28)34-20/h8-10,17-18H,11-14H2,1-7H3/t17-,18-,23+,24?/m0/s1. The van der Waals surface area contributed by atoms with Gasteiger partial charge < -0.3 is 9.47 Å². The molecule has 1 aromatic carbocycles. The van der Waals surface area contributed by atoms with Crippen LogP contribution in [0.2, 0.25) is 25.7 Å². The molecule has 1 aliphatic carbocycles. The molecule has 0 bridgehead atoms. The molecule has 2 aliphatic rings. The van der Waals surface area contributed by atoms with Crippen molar-refractivity contribution >= 4 is 31.1 Å². The summed E-state index contributed by atoms with van der Waals surface area (Å²) in [5.74, 6) is -3.34. The van der Waals surface area contributed by atoms with E-state index in [1.807, 2.05) is 0 Å². The molecule has 1 saturated carbocycles. The van der Waals surface area contributed by atoms with Gasteiger partial charge in [-0.05, 0) is 58.0 Å². The number of aliphatic imine (C=N–C) groups is 1. The lowest BCUT2D eigenvalue weighted by molar-refractivity contribution is -0.0661. The fourth-order valence-electron chi connectivity index (χ4n) is 4.07. The molecule has 1 fully saturated rings. The van der Waals surface area contributed by atoms with Gasteiger partial charge in [0.25, 0.3) is 0 Å². The summed E-state index contributed by atoms with van der Waals surface area (Å²) in [5, 5.41) is -2.66. The number of benzene rings is 1. The molecule has 0 saturated heterocycles. The Labute approximate surface area is 209 Å². The van der Waals surface area contributed by atoms with E-state index in [4.69, 9.17) is 9.47 Å². The van der Waals surface area contributed by atoms with Crippen LogP contribution in [0.5, 0.6) is 0 Å². The summed E-state index contributed by atoms with van der Waals surface area (Å²) in [4.78, 5) is 18.7. The zero-order valence-corrected chi connectivity index (χ0v) is 23.1. The Morgan fingerprint density at radius 1 is 1.29 bits per heavy atom. The van der Waals surface area contributed by atoms with Gasteiger partial charge in [0.05, 0.1) is 5.54 Å². The molecular weight excluding hydrogens is 500 g/mol. The van der Waals surface area contributed by atoms with Crippen LogP contribution in [0.15, 0.2) is 23.2 Å². The number of carbonyl (C=O) groups is 1. The molecular formula is C24H34F4N2O3SSi. The maximum atomic E-state index is 16.0. The number of ether oxygens (including phenoxy) is 2.